The number of carbonyl (C=O) groups excluding carboxylic acids is 1. The fourth-order valence-corrected chi connectivity index (χ4v) is 4.72. The van der Waals surface area contributed by atoms with E-state index in [1.807, 2.05) is 11.0 Å². The zero-order valence-corrected chi connectivity index (χ0v) is 19.5. The molecule has 1 unspecified atom stereocenters. The van der Waals surface area contributed by atoms with E-state index in [2.05, 4.69) is 53.8 Å². The van der Waals surface area contributed by atoms with E-state index in [1.165, 1.54) is 37.7 Å². The molecule has 1 aromatic carbocycles. The first-order valence-electron chi connectivity index (χ1n) is 12.2. The van der Waals surface area contributed by atoms with Gasteiger partial charge in [0.2, 0.25) is 5.91 Å². The normalized spacial score (nSPS) is 20.5. The largest absolute Gasteiger partial charge is 0.357 e. The lowest BCUT2D eigenvalue weighted by atomic mass is 9.94. The van der Waals surface area contributed by atoms with E-state index >= 15 is 0 Å². The molecule has 1 aromatic rings. The molecular formula is C25H41N5O. The van der Waals surface area contributed by atoms with Crippen molar-refractivity contribution >= 4 is 11.9 Å². The molecule has 1 aliphatic heterocycles. The second-order valence-corrected chi connectivity index (χ2v) is 9.06. The predicted molar refractivity (Wildman–Crippen MR) is 128 cm³/mol. The highest BCUT2D eigenvalue weighted by atomic mass is 16.2. The zero-order valence-electron chi connectivity index (χ0n) is 19.5. The van der Waals surface area contributed by atoms with Gasteiger partial charge >= 0.3 is 0 Å². The molecule has 31 heavy (non-hydrogen) atoms. The Hall–Kier alpha value is -2.08. The number of hydrogen-bond donors (Lipinski definition) is 2. The van der Waals surface area contributed by atoms with Gasteiger partial charge in [-0.15, -0.1) is 0 Å². The summed E-state index contributed by atoms with van der Waals surface area (Å²) in [7, 11) is 2.25. The number of nitrogens with one attached hydrogen (secondary N) is 2. The Balaban J connectivity index is 1.40. The number of likely N-dealkylation sites (tertiary alicyclic amines) is 1. The second kappa shape index (κ2) is 12.7. The molecule has 0 radical (unpaired) electrons. The summed E-state index contributed by atoms with van der Waals surface area (Å²) in [5, 5.41) is 6.83. The molecule has 1 saturated carbocycles. The van der Waals surface area contributed by atoms with Crippen LogP contribution in [0.4, 0.5) is 0 Å². The van der Waals surface area contributed by atoms with Crippen molar-refractivity contribution in [2.45, 2.75) is 57.9 Å². The van der Waals surface area contributed by atoms with Crippen LogP contribution in [0.25, 0.3) is 0 Å². The van der Waals surface area contributed by atoms with E-state index in [9.17, 15) is 4.79 Å². The number of hydrogen-bond acceptors (Lipinski definition) is 3. The summed E-state index contributed by atoms with van der Waals surface area (Å²) in [4.78, 5) is 21.7. The molecule has 3 rings (SSSR count). The van der Waals surface area contributed by atoms with Crippen LogP contribution in [0.3, 0.4) is 0 Å². The summed E-state index contributed by atoms with van der Waals surface area (Å²) in [5.74, 6) is 1.45. The van der Waals surface area contributed by atoms with Gasteiger partial charge in [0.25, 0.3) is 0 Å². The Morgan fingerprint density at radius 2 is 1.94 bits per heavy atom. The molecule has 172 valence electrons. The van der Waals surface area contributed by atoms with Gasteiger partial charge in [0, 0.05) is 57.6 Å². The van der Waals surface area contributed by atoms with Crippen LogP contribution >= 0.6 is 0 Å². The second-order valence-electron chi connectivity index (χ2n) is 9.06. The maximum absolute atomic E-state index is 12.4. The summed E-state index contributed by atoms with van der Waals surface area (Å²) in [6, 6.07) is 11.1. The fraction of sp³-hybridized carbons (Fsp3) is 0.680. The van der Waals surface area contributed by atoms with Gasteiger partial charge in [0.05, 0.1) is 0 Å². The van der Waals surface area contributed by atoms with E-state index in [0.29, 0.717) is 18.9 Å². The smallest absolute Gasteiger partial charge is 0.223 e. The van der Waals surface area contributed by atoms with Gasteiger partial charge in [-0.25, -0.2) is 0 Å². The first-order valence-corrected chi connectivity index (χ1v) is 12.2. The molecule has 6 nitrogen and oxygen atoms in total. The Labute approximate surface area is 188 Å². The summed E-state index contributed by atoms with van der Waals surface area (Å²) in [5.41, 5.74) is 1.29. The molecule has 0 spiro atoms. The lowest BCUT2D eigenvalue weighted by Crippen LogP contribution is -2.43. The Morgan fingerprint density at radius 1 is 1.16 bits per heavy atom. The van der Waals surface area contributed by atoms with Crippen molar-refractivity contribution in [2.75, 3.05) is 46.3 Å². The van der Waals surface area contributed by atoms with E-state index in [-0.39, 0.29) is 5.91 Å². The van der Waals surface area contributed by atoms with Crippen LogP contribution in [0.1, 0.15) is 51.0 Å². The summed E-state index contributed by atoms with van der Waals surface area (Å²) >= 11 is 0. The van der Waals surface area contributed by atoms with Gasteiger partial charge in [-0.05, 0) is 38.8 Å². The van der Waals surface area contributed by atoms with Crippen molar-refractivity contribution in [2.24, 2.45) is 10.9 Å². The molecule has 2 N–H and O–H groups in total. The molecule has 6 heteroatoms. The molecule has 1 heterocycles. The van der Waals surface area contributed by atoms with E-state index in [4.69, 9.17) is 4.99 Å². The maximum atomic E-state index is 12.4. The number of guanidine groups is 1. The number of amides is 1. The van der Waals surface area contributed by atoms with Crippen LogP contribution in [0.2, 0.25) is 0 Å². The van der Waals surface area contributed by atoms with Crippen LogP contribution in [0, 0.1) is 5.92 Å². The molecule has 1 atom stereocenters. The van der Waals surface area contributed by atoms with Crippen molar-refractivity contribution < 1.29 is 4.79 Å². The number of benzene rings is 1. The third kappa shape index (κ3) is 7.84. The molecule has 2 fully saturated rings. The zero-order chi connectivity index (χ0) is 21.9. The van der Waals surface area contributed by atoms with Gasteiger partial charge in [-0.2, -0.15) is 0 Å². The van der Waals surface area contributed by atoms with Gasteiger partial charge < -0.3 is 20.4 Å². The Morgan fingerprint density at radius 3 is 2.68 bits per heavy atom. The minimum absolute atomic E-state index is 0.267. The average molecular weight is 428 g/mol. The Kier molecular flexibility index (Phi) is 9.66. The molecule has 0 aromatic heterocycles. The standard InChI is InChI=1S/C25H41N5O/c1-3-26-25(27-15-17-29(2)23-12-8-5-9-13-23)28-19-22-18-24(31)30(20-22)16-14-21-10-6-4-7-11-21/h4,6-7,10-11,22-23H,3,5,8-9,12-20H2,1-2H3,(H2,26,27,28). The van der Waals surface area contributed by atoms with Crippen molar-refractivity contribution in [3.05, 3.63) is 35.9 Å². The molecule has 1 amide bonds. The number of likely N-dealkylation sites (N-methyl/N-ethyl adjacent to an activating group) is 1. The summed E-state index contributed by atoms with van der Waals surface area (Å²) < 4.78 is 0. The predicted octanol–water partition coefficient (Wildman–Crippen LogP) is 2.90. The molecule has 1 aliphatic carbocycles. The van der Waals surface area contributed by atoms with Crippen LogP contribution in [0.15, 0.2) is 35.3 Å². The minimum Gasteiger partial charge on any atom is -0.357 e. The number of rotatable bonds is 10. The monoisotopic (exact) mass is 427 g/mol. The molecular weight excluding hydrogens is 386 g/mol. The van der Waals surface area contributed by atoms with Gasteiger partial charge in [0.15, 0.2) is 5.96 Å². The van der Waals surface area contributed by atoms with E-state index < -0.39 is 0 Å². The number of aliphatic imine (C=N–C) groups is 1. The third-order valence-corrected chi connectivity index (χ3v) is 6.61. The minimum atomic E-state index is 0.267. The molecule has 1 saturated heterocycles. The lowest BCUT2D eigenvalue weighted by molar-refractivity contribution is -0.127. The lowest BCUT2D eigenvalue weighted by Gasteiger charge is -2.31. The van der Waals surface area contributed by atoms with Crippen LogP contribution in [-0.2, 0) is 11.2 Å². The Bertz CT molecular complexity index is 686. The van der Waals surface area contributed by atoms with Crippen molar-refractivity contribution in [1.82, 2.24) is 20.4 Å². The topological polar surface area (TPSA) is 60.0 Å². The maximum Gasteiger partial charge on any atom is 0.223 e. The highest BCUT2D eigenvalue weighted by Crippen LogP contribution is 2.21. The highest BCUT2D eigenvalue weighted by molar-refractivity contribution is 5.80. The quantitative estimate of drug-likeness (QED) is 0.445. The van der Waals surface area contributed by atoms with Crippen LogP contribution < -0.4 is 10.6 Å². The van der Waals surface area contributed by atoms with E-state index in [0.717, 1.165) is 51.1 Å². The number of carbonyl (C=O) groups is 1. The summed E-state index contributed by atoms with van der Waals surface area (Å²) in [6.07, 6.45) is 8.34. The molecule has 2 aliphatic rings. The fourth-order valence-electron chi connectivity index (χ4n) is 4.72. The summed E-state index contributed by atoms with van der Waals surface area (Å²) in [6.45, 7) is 7.18. The molecule has 0 bridgehead atoms. The van der Waals surface area contributed by atoms with Crippen LogP contribution in [0.5, 0.6) is 0 Å². The third-order valence-electron chi connectivity index (χ3n) is 6.61. The van der Waals surface area contributed by atoms with Crippen molar-refractivity contribution in [3.8, 4) is 0 Å². The first-order chi connectivity index (χ1) is 15.2. The van der Waals surface area contributed by atoms with Gasteiger partial charge in [0.1, 0.15) is 0 Å². The first kappa shape index (κ1) is 23.6. The van der Waals surface area contributed by atoms with E-state index in [1.54, 1.807) is 0 Å². The highest BCUT2D eigenvalue weighted by Gasteiger charge is 2.29. The van der Waals surface area contributed by atoms with Gasteiger partial charge in [-0.1, -0.05) is 49.6 Å². The van der Waals surface area contributed by atoms with Gasteiger partial charge in [-0.3, -0.25) is 9.79 Å². The average Bonchev–Trinajstić information content (AvgIpc) is 3.16. The van der Waals surface area contributed by atoms with Crippen LogP contribution in [-0.4, -0.2) is 74.0 Å². The number of nitrogens with zero attached hydrogens (tertiary/aromatic N) is 3. The van der Waals surface area contributed by atoms with Crippen molar-refractivity contribution in [3.63, 3.8) is 0 Å². The van der Waals surface area contributed by atoms with Crippen molar-refractivity contribution in [1.29, 1.82) is 0 Å². The SMILES string of the molecule is CCNC(=NCC1CC(=O)N(CCc2ccccc2)C1)NCCN(C)C1CCCCC1.